The summed E-state index contributed by atoms with van der Waals surface area (Å²) >= 11 is 0. The number of hydrogen-bond donors (Lipinski definition) is 0. The Morgan fingerprint density at radius 2 is 2.12 bits per heavy atom. The van der Waals surface area contributed by atoms with Crippen molar-refractivity contribution in [3.05, 3.63) is 23.4 Å². The summed E-state index contributed by atoms with van der Waals surface area (Å²) < 4.78 is 31.1. The molecule has 1 rings (SSSR count). The molecule has 1 aliphatic rings. The predicted octanol–water partition coefficient (Wildman–Crippen LogP) is -1.40. The summed E-state index contributed by atoms with van der Waals surface area (Å²) in [6.07, 6.45) is 8.88. The molecule has 1 unspecified atom stereocenters. The zero-order chi connectivity index (χ0) is 11.3. The van der Waals surface area contributed by atoms with Gasteiger partial charge in [0.05, 0.1) is 18.9 Å². The first kappa shape index (κ1) is 16.6. The average molecular weight is 268 g/mol. The maximum atomic E-state index is 10.4. The number of unbranched alkanes of at least 4 members (excludes halogenated alkanes) is 1. The standard InChI is InChI=1S/C10H18O3SSi.Na/c1-15(10-6-2-3-7-10)9-5-4-8-14(11,12)13;/h2-3,6,15H,4-5,7-9H2,1H3,(H,11,12,13);/q;+1/p-1. The molecule has 0 N–H and O–H groups in total. The summed E-state index contributed by atoms with van der Waals surface area (Å²) in [5.74, 6) is -0.203. The van der Waals surface area contributed by atoms with Gasteiger partial charge in [0.1, 0.15) is 0 Å². The second-order valence-electron chi connectivity index (χ2n) is 4.03. The summed E-state index contributed by atoms with van der Waals surface area (Å²) in [5.41, 5.74) is 0. The van der Waals surface area contributed by atoms with Crippen molar-refractivity contribution in [2.45, 2.75) is 31.9 Å². The van der Waals surface area contributed by atoms with Crippen molar-refractivity contribution in [1.29, 1.82) is 0 Å². The maximum Gasteiger partial charge on any atom is 1.00 e. The SMILES string of the molecule is C[SiH](CCCCS(=O)(=O)[O-])C1=CC=CC1.[Na+]. The van der Waals surface area contributed by atoms with Gasteiger partial charge < -0.3 is 4.55 Å². The van der Waals surface area contributed by atoms with E-state index in [1.165, 1.54) is 0 Å². The average Bonchev–Trinajstić information content (AvgIpc) is 2.63. The van der Waals surface area contributed by atoms with Gasteiger partial charge in [-0.3, -0.25) is 0 Å². The Bertz CT molecular complexity index is 362. The van der Waals surface area contributed by atoms with E-state index in [0.717, 1.165) is 18.9 Å². The van der Waals surface area contributed by atoms with Crippen LogP contribution >= 0.6 is 0 Å². The molecule has 0 radical (unpaired) electrons. The third-order valence-electron chi connectivity index (χ3n) is 2.71. The van der Waals surface area contributed by atoms with E-state index in [1.807, 2.05) is 0 Å². The molecule has 0 aromatic heterocycles. The zero-order valence-electron chi connectivity index (χ0n) is 9.98. The van der Waals surface area contributed by atoms with Crippen LogP contribution in [-0.4, -0.2) is 27.5 Å². The minimum absolute atomic E-state index is 0. The summed E-state index contributed by atoms with van der Waals surface area (Å²) in [6.45, 7) is 2.28. The first-order chi connectivity index (χ1) is 6.99. The molecule has 3 nitrogen and oxygen atoms in total. The van der Waals surface area contributed by atoms with Crippen molar-refractivity contribution in [3.8, 4) is 0 Å². The van der Waals surface area contributed by atoms with Crippen molar-refractivity contribution in [1.82, 2.24) is 0 Å². The molecule has 0 heterocycles. The molecule has 0 aromatic rings. The Kier molecular flexibility index (Phi) is 8.14. The smallest absolute Gasteiger partial charge is 0.748 e. The van der Waals surface area contributed by atoms with E-state index in [-0.39, 0.29) is 35.3 Å². The van der Waals surface area contributed by atoms with Gasteiger partial charge >= 0.3 is 29.6 Å². The van der Waals surface area contributed by atoms with Crippen LogP contribution in [0.3, 0.4) is 0 Å². The summed E-state index contributed by atoms with van der Waals surface area (Å²) in [5, 5.41) is 1.54. The van der Waals surface area contributed by atoms with Crippen LogP contribution in [0.25, 0.3) is 0 Å². The van der Waals surface area contributed by atoms with Crippen LogP contribution in [0.2, 0.25) is 12.6 Å². The van der Waals surface area contributed by atoms with Gasteiger partial charge in [0.2, 0.25) is 0 Å². The van der Waals surface area contributed by atoms with E-state index in [9.17, 15) is 13.0 Å². The monoisotopic (exact) mass is 268 g/mol. The molecule has 16 heavy (non-hydrogen) atoms. The quantitative estimate of drug-likeness (QED) is 0.338. The molecule has 6 heteroatoms. The molecule has 0 spiro atoms. The minimum atomic E-state index is -4.00. The second kappa shape index (κ2) is 7.84. The number of rotatable bonds is 6. The Hall–Kier alpha value is 0.607. The van der Waals surface area contributed by atoms with Gasteiger partial charge in [-0.2, -0.15) is 0 Å². The molecule has 0 amide bonds. The minimum Gasteiger partial charge on any atom is -0.748 e. The first-order valence-electron chi connectivity index (χ1n) is 5.28. The maximum absolute atomic E-state index is 10.4. The number of allylic oxidation sites excluding steroid dienone is 4. The van der Waals surface area contributed by atoms with Crippen LogP contribution in [-0.2, 0) is 10.1 Å². The second-order valence-corrected chi connectivity index (χ2v) is 8.68. The van der Waals surface area contributed by atoms with E-state index in [2.05, 4.69) is 24.8 Å². The van der Waals surface area contributed by atoms with E-state index in [4.69, 9.17) is 0 Å². The van der Waals surface area contributed by atoms with Crippen LogP contribution in [0.4, 0.5) is 0 Å². The van der Waals surface area contributed by atoms with Crippen LogP contribution in [0, 0.1) is 0 Å². The third-order valence-corrected chi connectivity index (χ3v) is 6.47. The van der Waals surface area contributed by atoms with Gasteiger partial charge in [0, 0.05) is 5.75 Å². The molecule has 0 aliphatic heterocycles. The molecule has 0 aromatic carbocycles. The molecule has 86 valence electrons. The van der Waals surface area contributed by atoms with Gasteiger partial charge in [-0.25, -0.2) is 8.42 Å². The third kappa shape index (κ3) is 7.03. The summed E-state index contributed by atoms with van der Waals surface area (Å²) in [4.78, 5) is 0. The van der Waals surface area contributed by atoms with E-state index in [1.54, 1.807) is 5.20 Å². The molecule has 1 aliphatic carbocycles. The summed E-state index contributed by atoms with van der Waals surface area (Å²) in [7, 11) is -4.84. The first-order valence-corrected chi connectivity index (χ1v) is 9.41. The van der Waals surface area contributed by atoms with Crippen molar-refractivity contribution in [2.75, 3.05) is 5.75 Å². The number of hydrogen-bond acceptors (Lipinski definition) is 3. The van der Waals surface area contributed by atoms with Gasteiger partial charge in [-0.1, -0.05) is 42.4 Å². The molecule has 0 saturated heterocycles. The van der Waals surface area contributed by atoms with Crippen molar-refractivity contribution >= 4 is 18.9 Å². The molecule has 1 atom stereocenters. The van der Waals surface area contributed by atoms with E-state index < -0.39 is 18.9 Å². The Morgan fingerprint density at radius 1 is 1.44 bits per heavy atom. The summed E-state index contributed by atoms with van der Waals surface area (Å²) in [6, 6.07) is 1.10. The predicted molar refractivity (Wildman–Crippen MR) is 63.5 cm³/mol. The molecule has 0 fully saturated rings. The van der Waals surface area contributed by atoms with E-state index in [0.29, 0.717) is 6.42 Å². The largest absolute Gasteiger partial charge is 1.00 e. The van der Waals surface area contributed by atoms with Gasteiger partial charge in [0.25, 0.3) is 0 Å². The van der Waals surface area contributed by atoms with Gasteiger partial charge in [0.15, 0.2) is 0 Å². The van der Waals surface area contributed by atoms with Crippen LogP contribution in [0.1, 0.15) is 19.3 Å². The van der Waals surface area contributed by atoms with Crippen LogP contribution in [0.15, 0.2) is 23.4 Å². The van der Waals surface area contributed by atoms with Crippen LogP contribution in [0.5, 0.6) is 0 Å². The molecule has 0 saturated carbocycles. The zero-order valence-corrected chi connectivity index (χ0v) is 13.9. The molecule has 0 bridgehead atoms. The molecular weight excluding hydrogens is 251 g/mol. The van der Waals surface area contributed by atoms with Crippen LogP contribution < -0.4 is 29.6 Å². The van der Waals surface area contributed by atoms with Crippen molar-refractivity contribution < 1.29 is 42.5 Å². The van der Waals surface area contributed by atoms with Gasteiger partial charge in [-0.05, 0) is 12.8 Å². The Balaban J connectivity index is 0.00000225. The fourth-order valence-electron chi connectivity index (χ4n) is 1.74. The van der Waals surface area contributed by atoms with Crippen molar-refractivity contribution in [3.63, 3.8) is 0 Å². The Morgan fingerprint density at radius 3 is 2.62 bits per heavy atom. The van der Waals surface area contributed by atoms with Gasteiger partial charge in [-0.15, -0.1) is 0 Å². The fraction of sp³-hybridized carbons (Fsp3) is 0.600. The van der Waals surface area contributed by atoms with Crippen molar-refractivity contribution in [2.24, 2.45) is 0 Å². The fourth-order valence-corrected chi connectivity index (χ4v) is 4.55. The molecular formula is C10H17NaO3SSi. The Labute approximate surface area is 122 Å². The normalized spacial score (nSPS) is 16.8. The van der Waals surface area contributed by atoms with E-state index >= 15 is 0 Å². The topological polar surface area (TPSA) is 57.2 Å².